The highest BCUT2D eigenvalue weighted by Crippen LogP contribution is 2.38. The number of benzene rings is 3. The van der Waals surface area contributed by atoms with E-state index in [1.54, 1.807) is 30.3 Å². The molecule has 5 heteroatoms. The molecule has 0 amide bonds. The van der Waals surface area contributed by atoms with Gasteiger partial charge in [-0.1, -0.05) is 62.2 Å². The molecule has 0 unspecified atom stereocenters. The van der Waals surface area contributed by atoms with E-state index in [0.29, 0.717) is 28.9 Å². The number of rotatable bonds is 5. The second-order valence-corrected chi connectivity index (χ2v) is 7.94. The summed E-state index contributed by atoms with van der Waals surface area (Å²) in [5, 5.41) is 4.07. The second-order valence-electron chi connectivity index (χ2n) is 7.94. The summed E-state index contributed by atoms with van der Waals surface area (Å²) in [5.41, 5.74) is 2.80. The number of carbonyl (C=O) groups excluding carboxylic acids is 2. The molecule has 0 saturated heterocycles. The molecule has 0 radical (unpaired) electrons. The average molecular weight is 410 g/mol. The lowest BCUT2D eigenvalue weighted by Gasteiger charge is -2.24. The maximum Gasteiger partial charge on any atom is 0.211 e. The van der Waals surface area contributed by atoms with Crippen LogP contribution in [0.3, 0.4) is 0 Å². The van der Waals surface area contributed by atoms with Crippen molar-refractivity contribution in [2.24, 2.45) is 0 Å². The molecule has 2 aliphatic carbocycles. The third kappa shape index (κ3) is 2.96. The number of unbranched alkanes of at least 4 members (excludes halogenated alkanes) is 2. The molecule has 0 spiro atoms. The zero-order valence-corrected chi connectivity index (χ0v) is 17.2. The zero-order chi connectivity index (χ0) is 21.5. The van der Waals surface area contributed by atoms with Crippen LogP contribution in [0.4, 0.5) is 5.69 Å². The van der Waals surface area contributed by atoms with E-state index < -0.39 is 0 Å². The summed E-state index contributed by atoms with van der Waals surface area (Å²) in [4.78, 5) is 43.8. The molecule has 154 valence electrons. The number of pyridine rings is 1. The van der Waals surface area contributed by atoms with Crippen LogP contribution >= 0.6 is 0 Å². The Morgan fingerprint density at radius 1 is 0.806 bits per heavy atom. The van der Waals surface area contributed by atoms with E-state index in [1.165, 1.54) is 0 Å². The van der Waals surface area contributed by atoms with Crippen molar-refractivity contribution < 1.29 is 9.59 Å². The number of hydrogen-bond donors (Lipinski definition) is 2. The number of aromatic nitrogens is 1. The quantitative estimate of drug-likeness (QED) is 0.315. The summed E-state index contributed by atoms with van der Waals surface area (Å²) in [6, 6.07) is 16.2. The molecule has 0 aromatic heterocycles. The Morgan fingerprint density at radius 2 is 1.48 bits per heavy atom. The highest BCUT2D eigenvalue weighted by atomic mass is 16.1. The van der Waals surface area contributed by atoms with Crippen molar-refractivity contribution in [2.75, 3.05) is 11.9 Å². The minimum atomic E-state index is -0.288. The van der Waals surface area contributed by atoms with Crippen LogP contribution in [-0.4, -0.2) is 23.1 Å². The first-order chi connectivity index (χ1) is 15.1. The molecule has 1 heterocycles. The number of carbonyl (C=O) groups is 2. The van der Waals surface area contributed by atoms with Gasteiger partial charge in [-0.15, -0.1) is 0 Å². The summed E-state index contributed by atoms with van der Waals surface area (Å²) >= 11 is 0. The maximum atomic E-state index is 13.5. The van der Waals surface area contributed by atoms with Crippen molar-refractivity contribution in [3.8, 4) is 11.3 Å². The van der Waals surface area contributed by atoms with Gasteiger partial charge in [-0.2, -0.15) is 0 Å². The van der Waals surface area contributed by atoms with Crippen LogP contribution in [-0.2, 0) is 0 Å². The number of nitrogens with one attached hydrogen (secondary N) is 2. The number of H-pyrrole nitrogens is 1. The number of hydrogen-bond acceptors (Lipinski definition) is 4. The largest absolute Gasteiger partial charge is 0.381 e. The molecular weight excluding hydrogens is 388 g/mol. The van der Waals surface area contributed by atoms with Gasteiger partial charge in [0.2, 0.25) is 5.43 Å². The Labute approximate surface area is 179 Å². The monoisotopic (exact) mass is 410 g/mol. The molecule has 3 aliphatic rings. The highest BCUT2D eigenvalue weighted by Gasteiger charge is 2.37. The Morgan fingerprint density at radius 3 is 2.23 bits per heavy atom. The average Bonchev–Trinajstić information content (AvgIpc) is 2.80. The summed E-state index contributed by atoms with van der Waals surface area (Å²) in [6.45, 7) is 2.68. The first kappa shape index (κ1) is 19.2. The van der Waals surface area contributed by atoms with Crippen molar-refractivity contribution >= 4 is 28.2 Å². The Balaban J connectivity index is 1.83. The number of anilines is 1. The van der Waals surface area contributed by atoms with Gasteiger partial charge in [-0.25, -0.2) is 0 Å². The lowest BCUT2D eigenvalue weighted by atomic mass is 9.79. The summed E-state index contributed by atoms with van der Waals surface area (Å²) in [6.07, 6.45) is 2.95. The first-order valence-corrected chi connectivity index (χ1v) is 10.7. The molecule has 0 fully saturated rings. The lowest BCUT2D eigenvalue weighted by molar-refractivity contribution is 0.0980. The van der Waals surface area contributed by atoms with Crippen LogP contribution in [0.25, 0.3) is 22.2 Å². The fourth-order valence-corrected chi connectivity index (χ4v) is 4.40. The molecule has 2 N–H and O–H groups in total. The molecule has 0 atom stereocenters. The Bertz CT molecular complexity index is 1380. The van der Waals surface area contributed by atoms with Gasteiger partial charge < -0.3 is 10.3 Å². The molecule has 0 saturated carbocycles. The predicted molar refractivity (Wildman–Crippen MR) is 123 cm³/mol. The van der Waals surface area contributed by atoms with E-state index in [4.69, 9.17) is 0 Å². The van der Waals surface area contributed by atoms with E-state index in [2.05, 4.69) is 17.2 Å². The Kier molecular flexibility index (Phi) is 4.66. The number of aromatic amines is 1. The minimum absolute atomic E-state index is 0.184. The Hall–Kier alpha value is -3.73. The molecule has 31 heavy (non-hydrogen) atoms. The van der Waals surface area contributed by atoms with Crippen molar-refractivity contribution in [3.05, 3.63) is 87.1 Å². The van der Waals surface area contributed by atoms with Crippen molar-refractivity contribution in [3.63, 3.8) is 0 Å². The van der Waals surface area contributed by atoms with Crippen molar-refractivity contribution in [1.29, 1.82) is 0 Å². The van der Waals surface area contributed by atoms with E-state index in [9.17, 15) is 14.4 Å². The van der Waals surface area contributed by atoms with E-state index in [1.807, 2.05) is 24.3 Å². The molecular formula is C26H22N2O3. The standard InChI is InChI=1S/C26H22N2O3/c1-2-3-8-13-27-23-21-20(24(29)16-10-5-6-11-17(16)25(21)30)22-18(26(23)31)14-15-9-4-7-12-19(15)28-22/h4-7,9-12,14,27-28H,2-3,8,13H2,1H3. The lowest BCUT2D eigenvalue weighted by Crippen LogP contribution is -2.29. The van der Waals surface area contributed by atoms with Gasteiger partial charge in [0.15, 0.2) is 11.6 Å². The first-order valence-electron chi connectivity index (χ1n) is 10.7. The third-order valence-electron chi connectivity index (χ3n) is 5.96. The van der Waals surface area contributed by atoms with Crippen molar-refractivity contribution in [2.45, 2.75) is 26.2 Å². The number of para-hydroxylation sites is 1. The molecule has 1 aliphatic heterocycles. The van der Waals surface area contributed by atoms with Gasteiger partial charge in [-0.3, -0.25) is 14.4 Å². The van der Waals surface area contributed by atoms with Gasteiger partial charge in [0.05, 0.1) is 22.5 Å². The summed E-state index contributed by atoms with van der Waals surface area (Å²) in [5.74, 6) is -0.526. The van der Waals surface area contributed by atoms with E-state index in [0.717, 1.165) is 30.2 Å². The van der Waals surface area contributed by atoms with E-state index >= 15 is 0 Å². The van der Waals surface area contributed by atoms with Crippen LogP contribution in [0.15, 0.2) is 59.4 Å². The minimum Gasteiger partial charge on any atom is -0.381 e. The van der Waals surface area contributed by atoms with Crippen LogP contribution in [0.1, 0.15) is 58.0 Å². The molecule has 5 rings (SSSR count). The third-order valence-corrected chi connectivity index (χ3v) is 5.96. The van der Waals surface area contributed by atoms with Gasteiger partial charge in [-0.05, 0) is 23.9 Å². The predicted octanol–water partition coefficient (Wildman–Crippen LogP) is 5.01. The number of ketones is 2. The molecule has 2 aromatic rings. The molecule has 2 aromatic carbocycles. The summed E-state index contributed by atoms with van der Waals surface area (Å²) < 4.78 is 0. The fourth-order valence-electron chi connectivity index (χ4n) is 4.40. The summed E-state index contributed by atoms with van der Waals surface area (Å²) in [7, 11) is 0. The maximum absolute atomic E-state index is 13.5. The van der Waals surface area contributed by atoms with Crippen LogP contribution in [0.2, 0.25) is 0 Å². The van der Waals surface area contributed by atoms with Gasteiger partial charge in [0.25, 0.3) is 0 Å². The topological polar surface area (TPSA) is 79.0 Å². The van der Waals surface area contributed by atoms with E-state index in [-0.39, 0.29) is 33.8 Å². The van der Waals surface area contributed by atoms with Gasteiger partial charge >= 0.3 is 0 Å². The second kappa shape index (κ2) is 7.51. The smallest absolute Gasteiger partial charge is 0.211 e. The highest BCUT2D eigenvalue weighted by molar-refractivity contribution is 6.32. The van der Waals surface area contributed by atoms with Crippen LogP contribution < -0.4 is 10.7 Å². The normalized spacial score (nSPS) is 12.8. The van der Waals surface area contributed by atoms with Crippen molar-refractivity contribution in [1.82, 2.24) is 4.98 Å². The van der Waals surface area contributed by atoms with Crippen LogP contribution in [0.5, 0.6) is 0 Å². The SMILES string of the molecule is CCCCCNc1c2c(c3[nH]c4ccccc4cc-3c1=O)C(=O)c1ccccc1C2=O. The van der Waals surface area contributed by atoms with Gasteiger partial charge in [0.1, 0.15) is 0 Å². The zero-order valence-electron chi connectivity index (χ0n) is 17.2. The van der Waals surface area contributed by atoms with Gasteiger partial charge in [0, 0.05) is 28.8 Å². The molecule has 0 bridgehead atoms. The number of fused-ring (bicyclic) bond motifs is 5. The molecule has 5 nitrogen and oxygen atoms in total. The fraction of sp³-hybridized carbons (Fsp3) is 0.192. The van der Waals surface area contributed by atoms with Crippen LogP contribution in [0, 0.1) is 0 Å².